The Hall–Kier alpha value is -3.15. The van der Waals surface area contributed by atoms with Crippen LogP contribution in [0, 0.1) is 6.92 Å². The molecule has 4 rings (SSSR count). The average molecular weight is 426 g/mol. The quantitative estimate of drug-likeness (QED) is 0.564. The van der Waals surface area contributed by atoms with Gasteiger partial charge in [0.05, 0.1) is 22.4 Å². The van der Waals surface area contributed by atoms with Crippen molar-refractivity contribution < 1.29 is 19.5 Å². The molecule has 1 aliphatic heterocycles. The first-order valence-electron chi connectivity index (χ1n) is 8.60. The number of rotatable bonds is 3. The molecular weight excluding hydrogens is 413 g/mol. The fourth-order valence-electron chi connectivity index (χ4n) is 3.33. The van der Waals surface area contributed by atoms with Crippen molar-refractivity contribution >= 4 is 46.7 Å². The first-order valence-corrected chi connectivity index (χ1v) is 9.35. The van der Waals surface area contributed by atoms with E-state index in [1.54, 1.807) is 37.3 Å². The first kappa shape index (κ1) is 19.2. The van der Waals surface area contributed by atoms with Gasteiger partial charge in [-0.1, -0.05) is 41.4 Å². The van der Waals surface area contributed by atoms with Crippen LogP contribution < -0.4 is 4.90 Å². The molecule has 3 aromatic rings. The van der Waals surface area contributed by atoms with Gasteiger partial charge in [-0.15, -0.1) is 0 Å². The topological polar surface area (TPSA) is 74.7 Å². The average Bonchev–Trinajstić information content (AvgIpc) is 2.93. The minimum atomic E-state index is -1.16. The maximum atomic E-state index is 13.0. The van der Waals surface area contributed by atoms with Crippen molar-refractivity contribution in [3.05, 3.63) is 86.9 Å². The van der Waals surface area contributed by atoms with E-state index < -0.39 is 17.8 Å². The molecule has 0 saturated carbocycles. The molecular formula is C22H13Cl2NO4. The van der Waals surface area contributed by atoms with E-state index in [2.05, 4.69) is 0 Å². The third-order valence-electron chi connectivity index (χ3n) is 4.83. The van der Waals surface area contributed by atoms with Crippen molar-refractivity contribution in [2.24, 2.45) is 0 Å². The van der Waals surface area contributed by atoms with Crippen LogP contribution in [0.2, 0.25) is 10.0 Å². The Morgan fingerprint density at radius 2 is 1.55 bits per heavy atom. The first-order chi connectivity index (χ1) is 13.8. The highest BCUT2D eigenvalue weighted by atomic mass is 35.5. The normalized spacial score (nSPS) is 13.0. The van der Waals surface area contributed by atoms with E-state index in [1.165, 1.54) is 18.2 Å². The monoisotopic (exact) mass is 425 g/mol. The molecule has 0 bridgehead atoms. The van der Waals surface area contributed by atoms with Crippen LogP contribution in [-0.4, -0.2) is 22.9 Å². The summed E-state index contributed by atoms with van der Waals surface area (Å²) in [5.74, 6) is -2.22. The number of hydrogen-bond donors (Lipinski definition) is 1. The van der Waals surface area contributed by atoms with E-state index >= 15 is 0 Å². The smallest absolute Gasteiger partial charge is 0.335 e. The van der Waals surface area contributed by atoms with E-state index in [0.717, 1.165) is 10.5 Å². The van der Waals surface area contributed by atoms with Crippen LogP contribution in [0.15, 0.2) is 54.6 Å². The van der Waals surface area contributed by atoms with Crippen molar-refractivity contribution in [1.29, 1.82) is 0 Å². The van der Waals surface area contributed by atoms with Crippen LogP contribution >= 0.6 is 23.2 Å². The van der Waals surface area contributed by atoms with Crippen LogP contribution in [0.1, 0.15) is 36.6 Å². The molecule has 1 heterocycles. The van der Waals surface area contributed by atoms with Crippen molar-refractivity contribution in [3.63, 3.8) is 0 Å². The third kappa shape index (κ3) is 3.18. The second-order valence-corrected chi connectivity index (χ2v) is 7.48. The summed E-state index contributed by atoms with van der Waals surface area (Å²) in [6.07, 6.45) is 0. The fourth-order valence-corrected chi connectivity index (χ4v) is 3.85. The van der Waals surface area contributed by atoms with Gasteiger partial charge >= 0.3 is 5.97 Å². The Bertz CT molecular complexity index is 1220. The highest BCUT2D eigenvalue weighted by Gasteiger charge is 2.38. The summed E-state index contributed by atoms with van der Waals surface area (Å²) >= 11 is 12.3. The van der Waals surface area contributed by atoms with Gasteiger partial charge < -0.3 is 5.11 Å². The molecule has 29 heavy (non-hydrogen) atoms. The van der Waals surface area contributed by atoms with Gasteiger partial charge in [-0.05, 0) is 54.4 Å². The Kier molecular flexibility index (Phi) is 4.65. The number of fused-ring (bicyclic) bond motifs is 1. The van der Waals surface area contributed by atoms with Crippen LogP contribution in [0.3, 0.4) is 0 Å². The summed E-state index contributed by atoms with van der Waals surface area (Å²) in [7, 11) is 0. The molecule has 3 aromatic carbocycles. The molecule has 0 radical (unpaired) electrons. The number of benzene rings is 3. The zero-order valence-electron chi connectivity index (χ0n) is 15.1. The lowest BCUT2D eigenvalue weighted by atomic mass is 10.0. The molecule has 1 aliphatic rings. The highest BCUT2D eigenvalue weighted by Crippen LogP contribution is 2.36. The van der Waals surface area contributed by atoms with Crippen molar-refractivity contribution in [2.45, 2.75) is 6.92 Å². The Labute approximate surface area is 176 Å². The number of anilines is 1. The molecule has 0 saturated heterocycles. The molecule has 2 amide bonds. The molecule has 144 valence electrons. The van der Waals surface area contributed by atoms with Gasteiger partial charge in [-0.25, -0.2) is 9.69 Å². The van der Waals surface area contributed by atoms with Crippen LogP contribution in [0.5, 0.6) is 0 Å². The number of hydrogen-bond acceptors (Lipinski definition) is 3. The molecule has 0 unspecified atom stereocenters. The molecule has 0 aliphatic carbocycles. The van der Waals surface area contributed by atoms with Crippen LogP contribution in [0.25, 0.3) is 11.1 Å². The summed E-state index contributed by atoms with van der Waals surface area (Å²) in [6, 6.07) is 14.3. The number of amides is 2. The Balaban J connectivity index is 1.82. The van der Waals surface area contributed by atoms with Gasteiger partial charge in [0.25, 0.3) is 11.8 Å². The summed E-state index contributed by atoms with van der Waals surface area (Å²) in [6.45, 7) is 1.79. The van der Waals surface area contributed by atoms with Crippen LogP contribution in [0.4, 0.5) is 5.69 Å². The lowest BCUT2D eigenvalue weighted by Gasteiger charge is -2.18. The molecule has 5 nitrogen and oxygen atoms in total. The van der Waals surface area contributed by atoms with Crippen LogP contribution in [-0.2, 0) is 0 Å². The maximum absolute atomic E-state index is 13.0. The van der Waals surface area contributed by atoms with Gasteiger partial charge in [0.15, 0.2) is 0 Å². The van der Waals surface area contributed by atoms with Gasteiger partial charge in [0, 0.05) is 15.6 Å². The summed E-state index contributed by atoms with van der Waals surface area (Å²) in [4.78, 5) is 38.2. The van der Waals surface area contributed by atoms with E-state index in [1.807, 2.05) is 6.07 Å². The largest absolute Gasteiger partial charge is 0.478 e. The number of halogens is 2. The van der Waals surface area contributed by atoms with Crippen molar-refractivity contribution in [1.82, 2.24) is 0 Å². The van der Waals surface area contributed by atoms with Gasteiger partial charge in [-0.3, -0.25) is 9.59 Å². The molecule has 0 fully saturated rings. The standard InChI is InChI=1S/C22H13Cl2NO4/c1-11-2-3-12(15-7-5-14(23)10-18(15)24)9-19(11)25-20(26)16-6-4-13(22(28)29)8-17(16)21(25)27/h2-10H,1H3,(H,28,29). The minimum absolute atomic E-state index is 0.0508. The number of carbonyl (C=O) groups excluding carboxylic acids is 2. The van der Waals surface area contributed by atoms with Crippen molar-refractivity contribution in [2.75, 3.05) is 4.90 Å². The summed E-state index contributed by atoms with van der Waals surface area (Å²) < 4.78 is 0. The van der Waals surface area contributed by atoms with E-state index in [0.29, 0.717) is 26.9 Å². The number of carboxylic acid groups (broad SMARTS) is 1. The molecule has 7 heteroatoms. The molecule has 0 atom stereocenters. The number of imide groups is 1. The third-order valence-corrected chi connectivity index (χ3v) is 5.37. The summed E-state index contributed by atoms with van der Waals surface area (Å²) in [5, 5.41) is 10.1. The lowest BCUT2D eigenvalue weighted by molar-refractivity contribution is 0.0696. The fraction of sp³-hybridized carbons (Fsp3) is 0.0455. The second-order valence-electron chi connectivity index (χ2n) is 6.64. The lowest BCUT2D eigenvalue weighted by Crippen LogP contribution is -2.30. The van der Waals surface area contributed by atoms with Gasteiger partial charge in [0.1, 0.15) is 0 Å². The Morgan fingerprint density at radius 1 is 0.862 bits per heavy atom. The van der Waals surface area contributed by atoms with E-state index in [9.17, 15) is 19.5 Å². The number of nitrogens with zero attached hydrogens (tertiary/aromatic N) is 1. The molecule has 0 aromatic heterocycles. The van der Waals surface area contributed by atoms with E-state index in [-0.39, 0.29) is 16.7 Å². The maximum Gasteiger partial charge on any atom is 0.335 e. The zero-order chi connectivity index (χ0) is 20.9. The number of carbonyl (C=O) groups is 3. The minimum Gasteiger partial charge on any atom is -0.478 e. The Morgan fingerprint density at radius 3 is 2.24 bits per heavy atom. The van der Waals surface area contributed by atoms with E-state index in [4.69, 9.17) is 23.2 Å². The van der Waals surface area contributed by atoms with Gasteiger partial charge in [0.2, 0.25) is 0 Å². The number of aryl methyl sites for hydroxylation is 1. The molecule has 1 N–H and O–H groups in total. The SMILES string of the molecule is Cc1ccc(-c2ccc(Cl)cc2Cl)cc1N1C(=O)c2ccc(C(=O)O)cc2C1=O. The van der Waals surface area contributed by atoms with Gasteiger partial charge in [-0.2, -0.15) is 0 Å². The zero-order valence-corrected chi connectivity index (χ0v) is 16.6. The molecule has 0 spiro atoms. The van der Waals surface area contributed by atoms with Crippen molar-refractivity contribution in [3.8, 4) is 11.1 Å². The second kappa shape index (κ2) is 7.03. The predicted molar refractivity (Wildman–Crippen MR) is 111 cm³/mol. The number of aromatic carboxylic acids is 1. The highest BCUT2D eigenvalue weighted by molar-refractivity contribution is 6.37. The predicted octanol–water partition coefficient (Wildman–Crippen LogP) is 5.47. The summed E-state index contributed by atoms with van der Waals surface area (Å²) in [5.41, 5.74) is 2.75. The number of carboxylic acids is 1.